The van der Waals surface area contributed by atoms with Crippen LogP contribution in [0.3, 0.4) is 0 Å². The Morgan fingerprint density at radius 1 is 1.53 bits per heavy atom. The number of aliphatic hydroxyl groups is 1. The van der Waals surface area contributed by atoms with E-state index >= 15 is 0 Å². The molecule has 0 bridgehead atoms. The van der Waals surface area contributed by atoms with Gasteiger partial charge in [0.05, 0.1) is 13.0 Å². The molecular formula is C12H18ClN3O2S. The predicted octanol–water partition coefficient (Wildman–Crippen LogP) is 1.64. The summed E-state index contributed by atoms with van der Waals surface area (Å²) in [5.74, 6) is 1.39. The zero-order valence-corrected chi connectivity index (χ0v) is 12.3. The van der Waals surface area contributed by atoms with E-state index in [1.165, 1.54) is 5.56 Å². The van der Waals surface area contributed by atoms with Crippen molar-refractivity contribution in [3.63, 3.8) is 0 Å². The van der Waals surface area contributed by atoms with Gasteiger partial charge in [0.1, 0.15) is 0 Å². The number of halogens is 1. The highest BCUT2D eigenvalue weighted by Gasteiger charge is 2.16. The molecule has 7 heteroatoms. The molecule has 19 heavy (non-hydrogen) atoms. The van der Waals surface area contributed by atoms with Crippen LogP contribution in [0.15, 0.2) is 21.3 Å². The number of hydrogen-bond acceptors (Lipinski definition) is 6. The van der Waals surface area contributed by atoms with Gasteiger partial charge in [0.25, 0.3) is 0 Å². The van der Waals surface area contributed by atoms with Gasteiger partial charge in [0, 0.05) is 12.5 Å². The van der Waals surface area contributed by atoms with Crippen LogP contribution in [0.5, 0.6) is 0 Å². The van der Waals surface area contributed by atoms with E-state index in [0.717, 1.165) is 0 Å². The first kappa shape index (κ1) is 16.1. The van der Waals surface area contributed by atoms with Gasteiger partial charge in [-0.2, -0.15) is 16.3 Å². The van der Waals surface area contributed by atoms with Gasteiger partial charge >= 0.3 is 0 Å². The van der Waals surface area contributed by atoms with E-state index < -0.39 is 0 Å². The second kappa shape index (κ2) is 7.59. The summed E-state index contributed by atoms with van der Waals surface area (Å²) in [5, 5.41) is 17.0. The third-order valence-electron chi connectivity index (χ3n) is 2.89. The Balaban J connectivity index is 0.00000180. The summed E-state index contributed by atoms with van der Waals surface area (Å²) in [6, 6.07) is 1.79. The molecule has 2 aromatic heterocycles. The molecule has 0 fully saturated rings. The summed E-state index contributed by atoms with van der Waals surface area (Å²) in [5.41, 5.74) is 6.92. The summed E-state index contributed by atoms with van der Waals surface area (Å²) >= 11 is 1.65. The molecule has 0 amide bonds. The zero-order valence-electron chi connectivity index (χ0n) is 10.7. The van der Waals surface area contributed by atoms with Crippen LogP contribution in [0, 0.1) is 5.92 Å². The van der Waals surface area contributed by atoms with Gasteiger partial charge in [-0.25, -0.2) is 0 Å². The summed E-state index contributed by atoms with van der Waals surface area (Å²) in [6.07, 6.45) is 1.28. The molecule has 0 radical (unpaired) electrons. The Labute approximate surface area is 122 Å². The first-order chi connectivity index (χ1) is 8.69. The zero-order chi connectivity index (χ0) is 13.0. The molecule has 2 rings (SSSR count). The van der Waals surface area contributed by atoms with Crippen LogP contribution in [-0.4, -0.2) is 27.9 Å². The second-order valence-corrected chi connectivity index (χ2v) is 5.22. The number of aromatic nitrogens is 2. The Bertz CT molecular complexity index is 475. The lowest BCUT2D eigenvalue weighted by Crippen LogP contribution is -2.33. The van der Waals surface area contributed by atoms with E-state index in [1.54, 1.807) is 11.3 Å². The van der Waals surface area contributed by atoms with Gasteiger partial charge in [0.2, 0.25) is 5.89 Å². The second-order valence-electron chi connectivity index (χ2n) is 4.44. The molecule has 5 nitrogen and oxygen atoms in total. The minimum Gasteiger partial charge on any atom is -0.395 e. The van der Waals surface area contributed by atoms with Crippen molar-refractivity contribution in [2.45, 2.75) is 25.8 Å². The van der Waals surface area contributed by atoms with Crippen LogP contribution in [0.25, 0.3) is 0 Å². The number of nitrogens with two attached hydrogens (primary N) is 1. The Morgan fingerprint density at radius 3 is 2.95 bits per heavy atom. The molecule has 0 saturated carbocycles. The van der Waals surface area contributed by atoms with E-state index in [9.17, 15) is 0 Å². The van der Waals surface area contributed by atoms with Crippen LogP contribution >= 0.6 is 23.7 Å². The SMILES string of the molecule is CC(Cc1noc(Cc2ccsc2)n1)C(N)CO.Cl. The van der Waals surface area contributed by atoms with Gasteiger partial charge in [-0.05, 0) is 28.3 Å². The fourth-order valence-corrected chi connectivity index (χ4v) is 2.30. The molecule has 2 aromatic rings. The van der Waals surface area contributed by atoms with E-state index in [-0.39, 0.29) is 31.0 Å². The fourth-order valence-electron chi connectivity index (χ4n) is 1.63. The topological polar surface area (TPSA) is 85.2 Å². The molecule has 0 spiro atoms. The molecular weight excluding hydrogens is 286 g/mol. The Kier molecular flexibility index (Phi) is 6.44. The molecule has 0 saturated heterocycles. The predicted molar refractivity (Wildman–Crippen MR) is 76.6 cm³/mol. The van der Waals surface area contributed by atoms with Crippen LogP contribution < -0.4 is 5.73 Å². The van der Waals surface area contributed by atoms with Crippen molar-refractivity contribution in [1.29, 1.82) is 0 Å². The number of nitrogens with zero attached hydrogens (tertiary/aromatic N) is 2. The number of aliphatic hydroxyl groups excluding tert-OH is 1. The monoisotopic (exact) mass is 303 g/mol. The average Bonchev–Trinajstić information content (AvgIpc) is 3.01. The summed E-state index contributed by atoms with van der Waals surface area (Å²) < 4.78 is 5.19. The van der Waals surface area contributed by atoms with E-state index in [1.807, 2.05) is 18.4 Å². The summed E-state index contributed by atoms with van der Waals surface area (Å²) in [4.78, 5) is 4.33. The van der Waals surface area contributed by atoms with Crippen molar-refractivity contribution in [2.24, 2.45) is 11.7 Å². The third-order valence-corrected chi connectivity index (χ3v) is 3.62. The standard InChI is InChI=1S/C12H17N3O2S.ClH/c1-8(10(13)6-16)4-11-14-12(17-15-11)5-9-2-3-18-7-9;/h2-3,7-8,10,16H,4-6,13H2,1H3;1H. The lowest BCUT2D eigenvalue weighted by molar-refractivity contribution is 0.230. The maximum atomic E-state index is 8.97. The molecule has 0 aliphatic heterocycles. The maximum absolute atomic E-state index is 8.97. The normalized spacial score (nSPS) is 13.8. The first-order valence-corrected chi connectivity index (χ1v) is 6.82. The van der Waals surface area contributed by atoms with Crippen LogP contribution in [-0.2, 0) is 12.8 Å². The quantitative estimate of drug-likeness (QED) is 0.847. The molecule has 2 unspecified atom stereocenters. The van der Waals surface area contributed by atoms with Gasteiger partial charge in [0.15, 0.2) is 5.82 Å². The van der Waals surface area contributed by atoms with Crippen molar-refractivity contribution in [2.75, 3.05) is 6.61 Å². The van der Waals surface area contributed by atoms with Crippen LogP contribution in [0.2, 0.25) is 0 Å². The number of thiophene rings is 1. The van der Waals surface area contributed by atoms with Crippen molar-refractivity contribution in [3.05, 3.63) is 34.1 Å². The molecule has 0 aliphatic carbocycles. The fraction of sp³-hybridized carbons (Fsp3) is 0.500. The minimum absolute atomic E-state index is 0. The van der Waals surface area contributed by atoms with Gasteiger partial charge in [-0.3, -0.25) is 0 Å². The highest BCUT2D eigenvalue weighted by atomic mass is 35.5. The summed E-state index contributed by atoms with van der Waals surface area (Å²) in [6.45, 7) is 1.94. The summed E-state index contributed by atoms with van der Waals surface area (Å²) in [7, 11) is 0. The van der Waals surface area contributed by atoms with Crippen molar-refractivity contribution < 1.29 is 9.63 Å². The van der Waals surface area contributed by atoms with Crippen LogP contribution in [0.1, 0.15) is 24.2 Å². The minimum atomic E-state index is -0.246. The van der Waals surface area contributed by atoms with E-state index in [0.29, 0.717) is 24.6 Å². The Morgan fingerprint density at radius 2 is 2.32 bits per heavy atom. The van der Waals surface area contributed by atoms with Crippen LogP contribution in [0.4, 0.5) is 0 Å². The van der Waals surface area contributed by atoms with Crippen molar-refractivity contribution in [1.82, 2.24) is 10.1 Å². The largest absolute Gasteiger partial charge is 0.395 e. The molecule has 2 atom stereocenters. The number of rotatable bonds is 6. The smallest absolute Gasteiger partial charge is 0.231 e. The lowest BCUT2D eigenvalue weighted by Gasteiger charge is -2.14. The average molecular weight is 304 g/mol. The maximum Gasteiger partial charge on any atom is 0.231 e. The lowest BCUT2D eigenvalue weighted by atomic mass is 9.99. The van der Waals surface area contributed by atoms with Gasteiger partial charge in [-0.1, -0.05) is 12.1 Å². The first-order valence-electron chi connectivity index (χ1n) is 5.88. The van der Waals surface area contributed by atoms with Gasteiger partial charge < -0.3 is 15.4 Å². The van der Waals surface area contributed by atoms with E-state index in [2.05, 4.69) is 15.5 Å². The van der Waals surface area contributed by atoms with Crippen molar-refractivity contribution >= 4 is 23.7 Å². The molecule has 3 N–H and O–H groups in total. The highest BCUT2D eigenvalue weighted by molar-refractivity contribution is 7.07. The number of hydrogen-bond donors (Lipinski definition) is 2. The van der Waals surface area contributed by atoms with Crippen molar-refractivity contribution in [3.8, 4) is 0 Å². The van der Waals surface area contributed by atoms with E-state index in [4.69, 9.17) is 15.4 Å². The Hall–Kier alpha value is -0.950. The molecule has 0 aromatic carbocycles. The molecule has 0 aliphatic rings. The molecule has 2 heterocycles. The van der Waals surface area contributed by atoms with Gasteiger partial charge in [-0.15, -0.1) is 12.4 Å². The molecule has 106 valence electrons. The third kappa shape index (κ3) is 4.58. The highest BCUT2D eigenvalue weighted by Crippen LogP contribution is 2.13.